The fourth-order valence-electron chi connectivity index (χ4n) is 3.38. The highest BCUT2D eigenvalue weighted by molar-refractivity contribution is 5.70. The zero-order valence-electron chi connectivity index (χ0n) is 13.6. The van der Waals surface area contributed by atoms with Gasteiger partial charge >= 0.3 is 6.09 Å². The molecule has 3 rings (SSSR count). The van der Waals surface area contributed by atoms with E-state index in [-0.39, 0.29) is 18.2 Å². The molecule has 4 heteroatoms. The predicted molar refractivity (Wildman–Crippen MR) is 85.5 cm³/mol. The average molecular weight is 300 g/mol. The maximum absolute atomic E-state index is 12.4. The molecule has 3 heterocycles. The number of pyridine rings is 1. The first-order chi connectivity index (χ1) is 10.4. The summed E-state index contributed by atoms with van der Waals surface area (Å²) >= 11 is 0. The molecule has 22 heavy (non-hydrogen) atoms. The van der Waals surface area contributed by atoms with E-state index in [1.54, 1.807) is 0 Å². The van der Waals surface area contributed by atoms with Crippen LogP contribution < -0.4 is 0 Å². The van der Waals surface area contributed by atoms with Crippen molar-refractivity contribution >= 4 is 6.09 Å². The second-order valence-corrected chi connectivity index (χ2v) is 7.21. The first-order valence-electron chi connectivity index (χ1n) is 8.03. The monoisotopic (exact) mass is 300 g/mol. The molecule has 1 aromatic rings. The van der Waals surface area contributed by atoms with Gasteiger partial charge in [-0.2, -0.15) is 0 Å². The van der Waals surface area contributed by atoms with Crippen molar-refractivity contribution in [2.45, 2.75) is 64.1 Å². The minimum Gasteiger partial charge on any atom is -0.444 e. The van der Waals surface area contributed by atoms with Gasteiger partial charge < -0.3 is 4.74 Å². The van der Waals surface area contributed by atoms with Gasteiger partial charge in [-0.15, -0.1) is 0 Å². The van der Waals surface area contributed by atoms with Crippen molar-refractivity contribution in [1.82, 2.24) is 9.88 Å². The summed E-state index contributed by atoms with van der Waals surface area (Å²) in [4.78, 5) is 18.7. The Bertz CT molecular complexity index is 574. The summed E-state index contributed by atoms with van der Waals surface area (Å²) in [6, 6.07) is 6.49. The van der Waals surface area contributed by atoms with E-state index < -0.39 is 5.60 Å². The van der Waals surface area contributed by atoms with E-state index in [1.807, 2.05) is 44.0 Å². The van der Waals surface area contributed by atoms with Gasteiger partial charge in [0.15, 0.2) is 0 Å². The van der Waals surface area contributed by atoms with Gasteiger partial charge in [0.2, 0.25) is 0 Å². The molecule has 0 aliphatic carbocycles. The minimum atomic E-state index is -0.436. The fourth-order valence-corrected chi connectivity index (χ4v) is 3.38. The van der Waals surface area contributed by atoms with Crippen LogP contribution in [-0.4, -0.2) is 33.7 Å². The number of aromatic nitrogens is 1. The molecule has 0 spiro atoms. The number of hydrogen-bond acceptors (Lipinski definition) is 3. The Morgan fingerprint density at radius 2 is 2.18 bits per heavy atom. The van der Waals surface area contributed by atoms with Crippen LogP contribution in [0.25, 0.3) is 0 Å². The molecular weight excluding hydrogens is 276 g/mol. The van der Waals surface area contributed by atoms with E-state index in [9.17, 15) is 4.79 Å². The molecule has 1 fully saturated rings. The number of rotatable bonds is 2. The molecule has 0 aromatic carbocycles. The lowest BCUT2D eigenvalue weighted by atomic mass is 9.97. The number of hydrogen-bond donors (Lipinski definition) is 0. The highest BCUT2D eigenvalue weighted by Gasteiger charge is 2.41. The zero-order chi connectivity index (χ0) is 15.7. The highest BCUT2D eigenvalue weighted by atomic mass is 16.6. The summed E-state index contributed by atoms with van der Waals surface area (Å²) in [5.41, 5.74) is 2.05. The lowest BCUT2D eigenvalue weighted by molar-refractivity contribution is 0.0166. The van der Waals surface area contributed by atoms with E-state index in [1.165, 1.54) is 5.57 Å². The topological polar surface area (TPSA) is 42.4 Å². The normalized spacial score (nSPS) is 24.1. The van der Waals surface area contributed by atoms with Crippen molar-refractivity contribution in [1.29, 1.82) is 0 Å². The molecule has 2 aliphatic heterocycles. The number of ether oxygens (including phenoxy) is 1. The summed E-state index contributed by atoms with van der Waals surface area (Å²) in [7, 11) is 0. The molecule has 0 radical (unpaired) electrons. The Balaban J connectivity index is 1.71. The number of nitrogens with zero attached hydrogens (tertiary/aromatic N) is 2. The third-order valence-corrected chi connectivity index (χ3v) is 4.21. The summed E-state index contributed by atoms with van der Waals surface area (Å²) in [6.07, 6.45) is 7.83. The first-order valence-corrected chi connectivity index (χ1v) is 8.03. The largest absolute Gasteiger partial charge is 0.444 e. The van der Waals surface area contributed by atoms with Crippen molar-refractivity contribution in [3.05, 3.63) is 41.7 Å². The average Bonchev–Trinajstić information content (AvgIpc) is 2.70. The van der Waals surface area contributed by atoms with Gasteiger partial charge in [0, 0.05) is 24.4 Å². The number of amides is 1. The van der Waals surface area contributed by atoms with Crippen molar-refractivity contribution in [3.63, 3.8) is 0 Å². The molecule has 2 aliphatic rings. The molecule has 0 N–H and O–H groups in total. The van der Waals surface area contributed by atoms with Crippen LogP contribution in [0, 0.1) is 0 Å². The third-order valence-electron chi connectivity index (χ3n) is 4.21. The Morgan fingerprint density at radius 1 is 1.36 bits per heavy atom. The summed E-state index contributed by atoms with van der Waals surface area (Å²) in [5, 5.41) is 0. The van der Waals surface area contributed by atoms with Gasteiger partial charge in [-0.05, 0) is 52.2 Å². The molecule has 1 aromatic heterocycles. The zero-order valence-corrected chi connectivity index (χ0v) is 13.6. The van der Waals surface area contributed by atoms with Crippen LogP contribution in [0.3, 0.4) is 0 Å². The lowest BCUT2D eigenvalue weighted by Crippen LogP contribution is -2.45. The van der Waals surface area contributed by atoms with E-state index in [0.29, 0.717) is 0 Å². The maximum atomic E-state index is 12.4. The third kappa shape index (κ3) is 3.32. The molecule has 118 valence electrons. The summed E-state index contributed by atoms with van der Waals surface area (Å²) in [5.74, 6) is 0. The van der Waals surface area contributed by atoms with Gasteiger partial charge in [-0.1, -0.05) is 17.7 Å². The van der Waals surface area contributed by atoms with Crippen LogP contribution in [0.2, 0.25) is 0 Å². The summed E-state index contributed by atoms with van der Waals surface area (Å²) < 4.78 is 5.56. The molecule has 1 amide bonds. The molecule has 2 atom stereocenters. The van der Waals surface area contributed by atoms with E-state index in [4.69, 9.17) is 4.74 Å². The van der Waals surface area contributed by atoms with E-state index in [0.717, 1.165) is 31.4 Å². The predicted octanol–water partition coefficient (Wildman–Crippen LogP) is 3.72. The Morgan fingerprint density at radius 3 is 2.82 bits per heavy atom. The minimum absolute atomic E-state index is 0.173. The maximum Gasteiger partial charge on any atom is 0.411 e. The molecule has 4 nitrogen and oxygen atoms in total. The van der Waals surface area contributed by atoms with Crippen molar-refractivity contribution in [2.24, 2.45) is 0 Å². The Kier molecular flexibility index (Phi) is 3.94. The fraction of sp³-hybridized carbons (Fsp3) is 0.556. The van der Waals surface area contributed by atoms with E-state index >= 15 is 0 Å². The van der Waals surface area contributed by atoms with Crippen LogP contribution in [0.1, 0.15) is 45.7 Å². The van der Waals surface area contributed by atoms with Crippen molar-refractivity contribution < 1.29 is 9.53 Å². The Hall–Kier alpha value is -1.84. The number of carbonyl (C=O) groups excluding carboxylic acids is 1. The van der Waals surface area contributed by atoms with Gasteiger partial charge in [-0.3, -0.25) is 9.88 Å². The van der Waals surface area contributed by atoms with E-state index in [2.05, 4.69) is 17.1 Å². The van der Waals surface area contributed by atoms with Crippen molar-refractivity contribution in [2.75, 3.05) is 0 Å². The van der Waals surface area contributed by atoms with Crippen molar-refractivity contribution in [3.8, 4) is 0 Å². The smallest absolute Gasteiger partial charge is 0.411 e. The van der Waals surface area contributed by atoms with Crippen LogP contribution in [0.5, 0.6) is 0 Å². The van der Waals surface area contributed by atoms with Gasteiger partial charge in [-0.25, -0.2) is 4.79 Å². The molecule has 2 bridgehead atoms. The molecule has 0 saturated carbocycles. The van der Waals surface area contributed by atoms with Gasteiger partial charge in [0.1, 0.15) is 5.60 Å². The second-order valence-electron chi connectivity index (χ2n) is 7.21. The van der Waals surface area contributed by atoms with Gasteiger partial charge in [0.25, 0.3) is 0 Å². The first kappa shape index (κ1) is 15.1. The SMILES string of the molecule is CC(C)(C)OC(=O)N1C2C=C(Cc3ccccn3)CC1CC2. The van der Waals surface area contributed by atoms with Crippen LogP contribution in [-0.2, 0) is 11.2 Å². The van der Waals surface area contributed by atoms with Crippen LogP contribution >= 0.6 is 0 Å². The molecular formula is C18H24N2O2. The number of fused-ring (bicyclic) bond motifs is 2. The Labute approximate surface area is 132 Å². The molecule has 1 saturated heterocycles. The lowest BCUT2D eigenvalue weighted by Gasteiger charge is -2.35. The summed E-state index contributed by atoms with van der Waals surface area (Å²) in [6.45, 7) is 5.75. The van der Waals surface area contributed by atoms with Gasteiger partial charge in [0.05, 0.1) is 6.04 Å². The number of carbonyl (C=O) groups is 1. The second kappa shape index (κ2) is 5.75. The quantitative estimate of drug-likeness (QED) is 0.782. The van der Waals surface area contributed by atoms with Crippen LogP contribution in [0.15, 0.2) is 36.0 Å². The standard InChI is InChI=1S/C18H24N2O2/c1-18(2,3)22-17(21)20-15-7-8-16(20)12-13(11-15)10-14-6-4-5-9-19-14/h4-6,9,11,15-16H,7-8,10,12H2,1-3H3. The van der Waals surface area contributed by atoms with Crippen LogP contribution in [0.4, 0.5) is 4.79 Å². The molecule has 2 unspecified atom stereocenters. The highest BCUT2D eigenvalue weighted by Crippen LogP contribution is 2.36.